The first-order chi connectivity index (χ1) is 14.4. The summed E-state index contributed by atoms with van der Waals surface area (Å²) >= 11 is 8.65. The molecule has 3 aromatic rings. The van der Waals surface area contributed by atoms with Crippen LogP contribution in [0.4, 0.5) is 16.5 Å². The highest BCUT2D eigenvalue weighted by Crippen LogP contribution is 2.33. The van der Waals surface area contributed by atoms with E-state index in [9.17, 15) is 14.9 Å². The molecule has 0 aliphatic carbocycles. The van der Waals surface area contributed by atoms with Crippen molar-refractivity contribution in [3.63, 3.8) is 0 Å². The van der Waals surface area contributed by atoms with Gasteiger partial charge in [-0.25, -0.2) is 4.98 Å². The Hall–Kier alpha value is -2.53. The molecule has 0 spiro atoms. The molecule has 8 nitrogen and oxygen atoms in total. The van der Waals surface area contributed by atoms with Crippen molar-refractivity contribution in [1.29, 1.82) is 0 Å². The molecule has 1 saturated heterocycles. The number of nitro groups is 1. The molecule has 11 heteroatoms. The Morgan fingerprint density at radius 1 is 1.23 bits per heavy atom. The Kier molecular flexibility index (Phi) is 6.00. The van der Waals surface area contributed by atoms with Crippen LogP contribution in [0.15, 0.2) is 35.7 Å². The number of nitrogens with zero attached hydrogens (tertiary/aromatic N) is 4. The summed E-state index contributed by atoms with van der Waals surface area (Å²) in [5.74, 6) is -0.437. The van der Waals surface area contributed by atoms with Crippen LogP contribution in [-0.4, -0.2) is 53.9 Å². The van der Waals surface area contributed by atoms with Gasteiger partial charge >= 0.3 is 0 Å². The van der Waals surface area contributed by atoms with Crippen molar-refractivity contribution in [2.75, 3.05) is 43.4 Å². The quantitative estimate of drug-likeness (QED) is 0.444. The highest BCUT2D eigenvalue weighted by molar-refractivity contribution is 7.20. The van der Waals surface area contributed by atoms with Gasteiger partial charge in [-0.2, -0.15) is 0 Å². The predicted molar refractivity (Wildman–Crippen MR) is 121 cm³/mol. The number of thiazole rings is 1. The maximum Gasteiger partial charge on any atom is 0.293 e. The minimum absolute atomic E-state index is 0.0692. The largest absolute Gasteiger partial charge is 0.363 e. The van der Waals surface area contributed by atoms with E-state index in [2.05, 4.69) is 15.2 Å². The van der Waals surface area contributed by atoms with Crippen molar-refractivity contribution >= 4 is 56.7 Å². The second kappa shape index (κ2) is 8.68. The molecular formula is C19H18ClN5O3S2. The number of nitro benzene ring substituents is 1. The minimum atomic E-state index is -0.438. The van der Waals surface area contributed by atoms with Gasteiger partial charge in [-0.05, 0) is 31.3 Å². The Bertz CT molecular complexity index is 1090. The van der Waals surface area contributed by atoms with Gasteiger partial charge in [0, 0.05) is 43.2 Å². The zero-order chi connectivity index (χ0) is 21.3. The van der Waals surface area contributed by atoms with E-state index in [1.807, 2.05) is 23.4 Å². The summed E-state index contributed by atoms with van der Waals surface area (Å²) in [7, 11) is 2.02. The molecule has 1 N–H and O–H groups in total. The van der Waals surface area contributed by atoms with E-state index in [4.69, 9.17) is 11.6 Å². The molecule has 1 amide bonds. The molecule has 0 unspecified atom stereocenters. The molecule has 2 aromatic heterocycles. The van der Waals surface area contributed by atoms with Crippen molar-refractivity contribution < 1.29 is 9.72 Å². The van der Waals surface area contributed by atoms with Gasteiger partial charge in [0.25, 0.3) is 11.6 Å². The fourth-order valence-electron chi connectivity index (χ4n) is 3.19. The van der Waals surface area contributed by atoms with Crippen molar-refractivity contribution in [3.05, 3.63) is 55.7 Å². The van der Waals surface area contributed by atoms with Crippen LogP contribution in [0.5, 0.6) is 0 Å². The first-order valence-corrected chi connectivity index (χ1v) is 11.2. The molecule has 0 atom stereocenters. The summed E-state index contributed by atoms with van der Waals surface area (Å²) in [4.78, 5) is 33.3. The van der Waals surface area contributed by atoms with Crippen molar-refractivity contribution in [2.45, 2.75) is 0 Å². The third kappa shape index (κ3) is 4.46. The van der Waals surface area contributed by atoms with Crippen molar-refractivity contribution in [3.8, 4) is 10.6 Å². The van der Waals surface area contributed by atoms with E-state index < -0.39 is 10.8 Å². The van der Waals surface area contributed by atoms with Crippen LogP contribution >= 0.6 is 34.3 Å². The zero-order valence-corrected chi connectivity index (χ0v) is 18.4. The number of likely N-dealkylation sites (N-methyl/N-ethyl adjacent to an activating group) is 1. The van der Waals surface area contributed by atoms with Gasteiger partial charge in [-0.3, -0.25) is 20.2 Å². The maximum atomic E-state index is 12.7. The zero-order valence-electron chi connectivity index (χ0n) is 16.0. The monoisotopic (exact) mass is 463 g/mol. The first-order valence-electron chi connectivity index (χ1n) is 9.15. The number of carbonyl (C=O) groups excluding carboxylic acids is 1. The molecular weight excluding hydrogens is 446 g/mol. The van der Waals surface area contributed by atoms with Crippen LogP contribution in [0.25, 0.3) is 10.6 Å². The van der Waals surface area contributed by atoms with Gasteiger partial charge in [-0.1, -0.05) is 11.6 Å². The Morgan fingerprint density at radius 3 is 2.67 bits per heavy atom. The lowest BCUT2D eigenvalue weighted by molar-refractivity contribution is -0.384. The lowest BCUT2D eigenvalue weighted by Gasteiger charge is -2.33. The van der Waals surface area contributed by atoms with Gasteiger partial charge in [0.2, 0.25) is 0 Å². The van der Waals surface area contributed by atoms with Crippen LogP contribution < -0.4 is 10.2 Å². The summed E-state index contributed by atoms with van der Waals surface area (Å²) in [6, 6.07) is 8.26. The molecule has 0 saturated carbocycles. The number of piperazine rings is 1. The number of aromatic nitrogens is 1. The summed E-state index contributed by atoms with van der Waals surface area (Å²) in [6.45, 7) is 3.08. The Balaban J connectivity index is 1.52. The summed E-state index contributed by atoms with van der Waals surface area (Å²) < 4.78 is 0.663. The fraction of sp³-hybridized carbons (Fsp3) is 0.263. The molecule has 3 heterocycles. The number of hydrogen-bond acceptors (Lipinski definition) is 8. The minimum Gasteiger partial charge on any atom is -0.363 e. The number of halogens is 1. The van der Waals surface area contributed by atoms with E-state index >= 15 is 0 Å². The van der Waals surface area contributed by atoms with Crippen LogP contribution in [0.2, 0.25) is 4.34 Å². The molecule has 1 aromatic carbocycles. The Morgan fingerprint density at radius 2 is 2.00 bits per heavy atom. The van der Waals surface area contributed by atoms with Gasteiger partial charge in [0.05, 0.1) is 19.8 Å². The SMILES string of the molecule is CN1CCN(c2ccc(C(=O)Nc3nc(-c4ccc(Cl)s4)cs3)cc2[N+](=O)[O-])CC1. The van der Waals surface area contributed by atoms with Gasteiger partial charge < -0.3 is 9.80 Å². The number of benzene rings is 1. The molecule has 0 bridgehead atoms. The van der Waals surface area contributed by atoms with E-state index in [1.165, 1.54) is 28.7 Å². The third-order valence-electron chi connectivity index (χ3n) is 4.83. The average molecular weight is 464 g/mol. The topological polar surface area (TPSA) is 91.6 Å². The highest BCUT2D eigenvalue weighted by atomic mass is 35.5. The molecule has 30 heavy (non-hydrogen) atoms. The van der Waals surface area contributed by atoms with Crippen LogP contribution in [0.1, 0.15) is 10.4 Å². The summed E-state index contributed by atoms with van der Waals surface area (Å²) in [6.07, 6.45) is 0. The van der Waals surface area contributed by atoms with E-state index in [0.717, 1.165) is 23.7 Å². The number of amides is 1. The smallest absolute Gasteiger partial charge is 0.293 e. The fourth-order valence-corrected chi connectivity index (χ4v) is 4.98. The lowest BCUT2D eigenvalue weighted by atomic mass is 10.1. The predicted octanol–water partition coefficient (Wildman–Crippen LogP) is 4.44. The number of carbonyl (C=O) groups is 1. The van der Waals surface area contributed by atoms with Gasteiger partial charge in [0.15, 0.2) is 5.13 Å². The third-order valence-corrected chi connectivity index (χ3v) is 6.84. The van der Waals surface area contributed by atoms with E-state index in [-0.39, 0.29) is 11.3 Å². The second-order valence-corrected chi connectivity index (χ2v) is 9.42. The first kappa shape index (κ1) is 20.7. The van der Waals surface area contributed by atoms with E-state index in [0.29, 0.717) is 28.2 Å². The number of anilines is 2. The molecule has 0 radical (unpaired) electrons. The second-order valence-electron chi connectivity index (χ2n) is 6.85. The highest BCUT2D eigenvalue weighted by Gasteiger charge is 2.24. The van der Waals surface area contributed by atoms with E-state index in [1.54, 1.807) is 18.2 Å². The molecule has 1 fully saturated rings. The maximum absolute atomic E-state index is 12.7. The van der Waals surface area contributed by atoms with Gasteiger partial charge in [0.1, 0.15) is 5.69 Å². The average Bonchev–Trinajstić information content (AvgIpc) is 3.37. The number of hydrogen-bond donors (Lipinski definition) is 1. The van der Waals surface area contributed by atoms with Crippen LogP contribution in [-0.2, 0) is 0 Å². The van der Waals surface area contributed by atoms with Crippen molar-refractivity contribution in [2.24, 2.45) is 0 Å². The molecule has 1 aliphatic heterocycles. The molecule has 4 rings (SSSR count). The summed E-state index contributed by atoms with van der Waals surface area (Å²) in [5, 5.41) is 16.6. The normalized spacial score (nSPS) is 14.7. The lowest BCUT2D eigenvalue weighted by Crippen LogP contribution is -2.44. The number of rotatable bonds is 5. The summed E-state index contributed by atoms with van der Waals surface area (Å²) in [5.41, 5.74) is 1.41. The van der Waals surface area contributed by atoms with Gasteiger partial charge in [-0.15, -0.1) is 22.7 Å². The van der Waals surface area contributed by atoms with Crippen LogP contribution in [0.3, 0.4) is 0 Å². The standard InChI is InChI=1S/C19H18ClN5O3S2/c1-23-6-8-24(9-7-23)14-3-2-12(10-15(14)25(27)28)18(26)22-19-21-13(11-29-19)16-4-5-17(20)30-16/h2-5,10-11H,6-9H2,1H3,(H,21,22,26). The number of thiophene rings is 1. The Labute approximate surface area is 185 Å². The molecule has 156 valence electrons. The molecule has 1 aliphatic rings. The van der Waals surface area contributed by atoms with Crippen molar-refractivity contribution in [1.82, 2.24) is 9.88 Å². The van der Waals surface area contributed by atoms with Crippen LogP contribution in [0, 0.1) is 10.1 Å². The number of nitrogens with one attached hydrogen (secondary N) is 1.